The van der Waals surface area contributed by atoms with E-state index in [0.29, 0.717) is 30.9 Å². The molecule has 0 saturated heterocycles. The number of benzene rings is 3. The van der Waals surface area contributed by atoms with Crippen LogP contribution in [0.1, 0.15) is 78.2 Å². The van der Waals surface area contributed by atoms with Crippen molar-refractivity contribution in [2.24, 2.45) is 0 Å². The summed E-state index contributed by atoms with van der Waals surface area (Å²) in [6.07, 6.45) is 3.37. The van der Waals surface area contributed by atoms with Crippen molar-refractivity contribution in [3.05, 3.63) is 107 Å². The van der Waals surface area contributed by atoms with Crippen LogP contribution >= 0.6 is 0 Å². The number of carboxylic acids is 2. The number of hydrogen-bond donors (Lipinski definition) is 4. The summed E-state index contributed by atoms with van der Waals surface area (Å²) in [6.45, 7) is 4.22. The number of aryl methyl sites for hydroxylation is 1. The van der Waals surface area contributed by atoms with Gasteiger partial charge in [-0.25, -0.2) is 19.3 Å². The molecule has 0 aliphatic heterocycles. The van der Waals surface area contributed by atoms with E-state index in [1.807, 2.05) is 65.3 Å². The molecule has 1 unspecified atom stereocenters. The number of hydrogen-bond acceptors (Lipinski definition) is 6. The maximum absolute atomic E-state index is 12.2. The summed E-state index contributed by atoms with van der Waals surface area (Å²) in [7, 11) is 0. The highest BCUT2D eigenvalue weighted by Gasteiger charge is 2.19. The second-order valence-corrected chi connectivity index (χ2v) is 11.2. The molecule has 0 bridgehead atoms. The molecule has 1 atom stereocenters. The van der Waals surface area contributed by atoms with Gasteiger partial charge < -0.3 is 20.8 Å². The SMILES string of the molecule is CCCCc1nc(Cc2ccc(CNC(=O)CCC(NC(C)=O)C(=O)O)cc2)nn1Cc1ccc(-c2ccccc2C(=O)O)cc1. The van der Waals surface area contributed by atoms with Crippen molar-refractivity contribution in [1.82, 2.24) is 25.4 Å². The molecule has 240 valence electrons. The lowest BCUT2D eigenvalue weighted by atomic mass is 9.99. The largest absolute Gasteiger partial charge is 0.480 e. The summed E-state index contributed by atoms with van der Waals surface area (Å²) >= 11 is 0. The first kappa shape index (κ1) is 33.6. The van der Waals surface area contributed by atoms with E-state index < -0.39 is 23.9 Å². The Hall–Kier alpha value is -5.32. The Bertz CT molecular complexity index is 1660. The number of amides is 2. The molecule has 0 spiro atoms. The summed E-state index contributed by atoms with van der Waals surface area (Å²) in [5, 5.41) is 28.7. The van der Waals surface area contributed by atoms with Gasteiger partial charge in [0.2, 0.25) is 11.8 Å². The van der Waals surface area contributed by atoms with Crippen molar-refractivity contribution < 1.29 is 29.4 Å². The zero-order valence-electron chi connectivity index (χ0n) is 26.0. The van der Waals surface area contributed by atoms with E-state index in [1.54, 1.807) is 12.1 Å². The number of aliphatic carboxylic acids is 1. The third-order valence-electron chi connectivity index (χ3n) is 7.51. The number of rotatable bonds is 16. The molecule has 46 heavy (non-hydrogen) atoms. The summed E-state index contributed by atoms with van der Waals surface area (Å²) in [5.41, 5.74) is 4.73. The van der Waals surface area contributed by atoms with E-state index in [9.17, 15) is 29.4 Å². The minimum Gasteiger partial charge on any atom is -0.480 e. The molecule has 1 heterocycles. The summed E-state index contributed by atoms with van der Waals surface area (Å²) < 4.78 is 1.94. The molecule has 2 amide bonds. The molecule has 0 aliphatic rings. The van der Waals surface area contributed by atoms with Crippen molar-refractivity contribution in [2.75, 3.05) is 0 Å². The predicted octanol–water partition coefficient (Wildman–Crippen LogP) is 4.61. The van der Waals surface area contributed by atoms with E-state index >= 15 is 0 Å². The highest BCUT2D eigenvalue weighted by molar-refractivity contribution is 5.96. The molecule has 0 saturated carbocycles. The van der Waals surface area contributed by atoms with Crippen LogP contribution in [-0.2, 0) is 40.3 Å². The predicted molar refractivity (Wildman–Crippen MR) is 172 cm³/mol. The van der Waals surface area contributed by atoms with Gasteiger partial charge in [-0.3, -0.25) is 9.59 Å². The third-order valence-corrected chi connectivity index (χ3v) is 7.51. The second-order valence-electron chi connectivity index (χ2n) is 11.2. The van der Waals surface area contributed by atoms with Gasteiger partial charge in [0.25, 0.3) is 0 Å². The maximum Gasteiger partial charge on any atom is 0.336 e. The Morgan fingerprint density at radius 2 is 1.57 bits per heavy atom. The van der Waals surface area contributed by atoms with Crippen LogP contribution in [0.3, 0.4) is 0 Å². The van der Waals surface area contributed by atoms with Crippen molar-refractivity contribution in [1.29, 1.82) is 0 Å². The Morgan fingerprint density at radius 3 is 2.22 bits per heavy atom. The molecule has 3 aromatic carbocycles. The fraction of sp³-hybridized carbons (Fsp3) is 0.314. The average Bonchev–Trinajstić information content (AvgIpc) is 3.41. The lowest BCUT2D eigenvalue weighted by molar-refractivity contribution is -0.141. The number of aromatic nitrogens is 3. The van der Waals surface area contributed by atoms with E-state index in [1.165, 1.54) is 6.92 Å². The average molecular weight is 626 g/mol. The maximum atomic E-state index is 12.2. The highest BCUT2D eigenvalue weighted by atomic mass is 16.4. The van der Waals surface area contributed by atoms with Crippen molar-refractivity contribution >= 4 is 23.8 Å². The van der Waals surface area contributed by atoms with Gasteiger partial charge in [0.05, 0.1) is 12.1 Å². The lowest BCUT2D eigenvalue weighted by Gasteiger charge is -2.13. The Labute approximate surface area is 267 Å². The van der Waals surface area contributed by atoms with Gasteiger partial charge in [-0.2, -0.15) is 5.10 Å². The van der Waals surface area contributed by atoms with E-state index in [0.717, 1.165) is 47.3 Å². The first-order valence-corrected chi connectivity index (χ1v) is 15.3. The van der Waals surface area contributed by atoms with Crippen LogP contribution in [0, 0.1) is 0 Å². The van der Waals surface area contributed by atoms with Crippen molar-refractivity contribution in [3.8, 4) is 11.1 Å². The minimum atomic E-state index is -1.18. The zero-order valence-corrected chi connectivity index (χ0v) is 26.0. The van der Waals surface area contributed by atoms with Crippen LogP contribution < -0.4 is 10.6 Å². The quantitative estimate of drug-likeness (QED) is 0.140. The van der Waals surface area contributed by atoms with Crippen LogP contribution in [0.5, 0.6) is 0 Å². The van der Waals surface area contributed by atoms with Crippen LogP contribution in [0.25, 0.3) is 11.1 Å². The molecule has 0 radical (unpaired) electrons. The van der Waals surface area contributed by atoms with Crippen LogP contribution in [0.4, 0.5) is 0 Å². The highest BCUT2D eigenvalue weighted by Crippen LogP contribution is 2.24. The molecule has 4 rings (SSSR count). The molecule has 0 aliphatic carbocycles. The third kappa shape index (κ3) is 9.59. The van der Waals surface area contributed by atoms with Gasteiger partial charge in [0, 0.05) is 32.7 Å². The molecular formula is C35H39N5O6. The number of nitrogens with one attached hydrogen (secondary N) is 2. The number of aromatic carboxylic acids is 1. The summed E-state index contributed by atoms with van der Waals surface area (Å²) in [4.78, 5) is 51.2. The monoisotopic (exact) mass is 625 g/mol. The molecule has 4 N–H and O–H groups in total. The zero-order chi connectivity index (χ0) is 33.1. The molecule has 0 fully saturated rings. The first-order valence-electron chi connectivity index (χ1n) is 15.3. The fourth-order valence-electron chi connectivity index (χ4n) is 5.06. The number of carbonyl (C=O) groups excluding carboxylic acids is 2. The Morgan fingerprint density at radius 1 is 0.891 bits per heavy atom. The number of nitrogens with zero attached hydrogens (tertiary/aromatic N) is 3. The number of carboxylic acid groups (broad SMARTS) is 2. The van der Waals surface area contributed by atoms with E-state index in [4.69, 9.17) is 10.1 Å². The van der Waals surface area contributed by atoms with Gasteiger partial charge >= 0.3 is 11.9 Å². The van der Waals surface area contributed by atoms with Crippen molar-refractivity contribution in [2.45, 2.75) is 71.5 Å². The number of carbonyl (C=O) groups is 4. The van der Waals surface area contributed by atoms with Gasteiger partial charge in [-0.1, -0.05) is 80.1 Å². The second kappa shape index (κ2) is 16.1. The van der Waals surface area contributed by atoms with Gasteiger partial charge in [-0.15, -0.1) is 0 Å². The summed E-state index contributed by atoms with van der Waals surface area (Å²) in [6, 6.07) is 21.5. The molecule has 11 nitrogen and oxygen atoms in total. The molecule has 4 aromatic rings. The topological polar surface area (TPSA) is 164 Å². The van der Waals surface area contributed by atoms with Gasteiger partial charge in [0.1, 0.15) is 11.9 Å². The van der Waals surface area contributed by atoms with E-state index in [2.05, 4.69) is 17.6 Å². The van der Waals surface area contributed by atoms with Gasteiger partial charge in [0.15, 0.2) is 5.82 Å². The summed E-state index contributed by atoms with van der Waals surface area (Å²) in [5.74, 6) is -1.26. The van der Waals surface area contributed by atoms with E-state index in [-0.39, 0.29) is 24.3 Å². The van der Waals surface area contributed by atoms with Crippen LogP contribution in [-0.4, -0.2) is 54.8 Å². The Balaban J connectivity index is 1.36. The van der Waals surface area contributed by atoms with Crippen molar-refractivity contribution in [3.63, 3.8) is 0 Å². The fourth-order valence-corrected chi connectivity index (χ4v) is 5.06. The molecule has 11 heteroatoms. The number of unbranched alkanes of at least 4 members (excludes halogenated alkanes) is 1. The first-order chi connectivity index (χ1) is 22.1. The van der Waals surface area contributed by atoms with Crippen LogP contribution in [0.15, 0.2) is 72.8 Å². The van der Waals surface area contributed by atoms with Crippen LogP contribution in [0.2, 0.25) is 0 Å². The normalized spacial score (nSPS) is 11.5. The lowest BCUT2D eigenvalue weighted by Crippen LogP contribution is -2.40. The standard InChI is InChI=1S/C35H39N5O6/c1-3-4-9-32-38-31(39-40(32)22-26-14-16-27(17-15-26)28-7-5-6-8-29(28)34(43)44)20-24-10-12-25(13-11-24)21-36-33(42)19-18-30(35(45)46)37-23(2)41/h5-8,10-17,30H,3-4,9,18-22H2,1-2H3,(H,36,42)(H,37,41)(H,43,44)(H,45,46). The molecule has 1 aromatic heterocycles. The molecular weight excluding hydrogens is 586 g/mol. The minimum absolute atomic E-state index is 0.00616. The smallest absolute Gasteiger partial charge is 0.336 e. The van der Waals surface area contributed by atoms with Gasteiger partial charge in [-0.05, 0) is 46.7 Å². The Kier molecular flexibility index (Phi) is 11.8.